The minimum absolute atomic E-state index is 0.0811. The molecule has 0 amide bonds. The van der Waals surface area contributed by atoms with Gasteiger partial charge in [-0.05, 0) is 25.1 Å². The number of ether oxygens (including phenoxy) is 1. The fraction of sp³-hybridized carbons (Fsp3) is 0.182. The van der Waals surface area contributed by atoms with E-state index < -0.39 is 5.97 Å². The number of nitrogens with two attached hydrogens (primary N) is 1. The van der Waals surface area contributed by atoms with Crippen molar-refractivity contribution in [1.29, 1.82) is 0 Å². The Kier molecular flexibility index (Phi) is 3.47. The van der Waals surface area contributed by atoms with Crippen LogP contribution in [0.2, 0.25) is 5.02 Å². The summed E-state index contributed by atoms with van der Waals surface area (Å²) in [6, 6.07) is 4.51. The van der Waals surface area contributed by atoms with Crippen molar-refractivity contribution < 1.29 is 14.1 Å². The second-order valence-electron chi connectivity index (χ2n) is 3.55. The minimum Gasteiger partial charge on any atom is -0.452 e. The molecule has 0 fully saturated rings. The Labute approximate surface area is 108 Å². The highest BCUT2D eigenvalue weighted by molar-refractivity contribution is 6.33. The van der Waals surface area contributed by atoms with Gasteiger partial charge in [-0.25, -0.2) is 4.79 Å². The Morgan fingerprint density at radius 1 is 1.56 bits per heavy atom. The van der Waals surface area contributed by atoms with Gasteiger partial charge in [-0.2, -0.15) is 4.98 Å². The standard InChI is InChI=1S/C11H10ClN3O3/c1-6-14-10(18-15-6)5-17-11(16)7-2-3-8(12)9(13)4-7/h2-4H,5,13H2,1H3. The van der Waals surface area contributed by atoms with E-state index in [1.807, 2.05) is 0 Å². The fourth-order valence-corrected chi connectivity index (χ4v) is 1.40. The summed E-state index contributed by atoms with van der Waals surface area (Å²) < 4.78 is 9.80. The molecule has 1 aromatic carbocycles. The van der Waals surface area contributed by atoms with Crippen molar-refractivity contribution in [3.63, 3.8) is 0 Å². The van der Waals surface area contributed by atoms with Crippen LogP contribution in [0.3, 0.4) is 0 Å². The molecule has 0 spiro atoms. The molecule has 6 nitrogen and oxygen atoms in total. The van der Waals surface area contributed by atoms with Crippen LogP contribution in [0.4, 0.5) is 5.69 Å². The topological polar surface area (TPSA) is 91.2 Å². The van der Waals surface area contributed by atoms with Crippen molar-refractivity contribution in [3.8, 4) is 0 Å². The van der Waals surface area contributed by atoms with Crippen molar-refractivity contribution in [2.45, 2.75) is 13.5 Å². The number of anilines is 1. The Morgan fingerprint density at radius 3 is 2.94 bits per heavy atom. The summed E-state index contributed by atoms with van der Waals surface area (Å²) in [5, 5.41) is 3.97. The molecular weight excluding hydrogens is 258 g/mol. The third-order valence-corrected chi connectivity index (χ3v) is 2.47. The van der Waals surface area contributed by atoms with Gasteiger partial charge in [-0.3, -0.25) is 0 Å². The maximum Gasteiger partial charge on any atom is 0.338 e. The molecule has 0 radical (unpaired) electrons. The molecule has 18 heavy (non-hydrogen) atoms. The number of aromatic nitrogens is 2. The number of hydrogen-bond donors (Lipinski definition) is 1. The number of rotatable bonds is 3. The molecule has 0 aliphatic heterocycles. The third-order valence-electron chi connectivity index (χ3n) is 2.13. The predicted molar refractivity (Wildman–Crippen MR) is 64.0 cm³/mol. The van der Waals surface area contributed by atoms with E-state index in [1.54, 1.807) is 6.92 Å². The SMILES string of the molecule is Cc1noc(COC(=O)c2ccc(Cl)c(N)c2)n1. The van der Waals surface area contributed by atoms with Gasteiger partial charge in [0.15, 0.2) is 12.4 Å². The van der Waals surface area contributed by atoms with Gasteiger partial charge in [0.05, 0.1) is 16.3 Å². The van der Waals surface area contributed by atoms with Gasteiger partial charge in [0.1, 0.15) is 0 Å². The molecule has 0 bridgehead atoms. The van der Waals surface area contributed by atoms with E-state index in [0.29, 0.717) is 22.1 Å². The Bertz CT molecular complexity index is 583. The summed E-state index contributed by atoms with van der Waals surface area (Å²) in [5.74, 6) is 0.189. The van der Waals surface area contributed by atoms with Crippen LogP contribution < -0.4 is 5.73 Å². The average molecular weight is 268 g/mol. The third kappa shape index (κ3) is 2.78. The first-order valence-electron chi connectivity index (χ1n) is 5.07. The van der Waals surface area contributed by atoms with Crippen molar-refractivity contribution in [1.82, 2.24) is 10.1 Å². The van der Waals surface area contributed by atoms with Gasteiger partial charge in [0.2, 0.25) is 0 Å². The van der Waals surface area contributed by atoms with Crippen LogP contribution in [0.5, 0.6) is 0 Å². The number of aryl methyl sites for hydroxylation is 1. The van der Waals surface area contributed by atoms with Gasteiger partial charge >= 0.3 is 5.97 Å². The van der Waals surface area contributed by atoms with Gasteiger partial charge in [-0.1, -0.05) is 16.8 Å². The van der Waals surface area contributed by atoms with E-state index in [0.717, 1.165) is 0 Å². The number of carbonyl (C=O) groups is 1. The lowest BCUT2D eigenvalue weighted by atomic mass is 10.2. The van der Waals surface area contributed by atoms with E-state index in [-0.39, 0.29) is 12.5 Å². The molecule has 0 unspecified atom stereocenters. The van der Waals surface area contributed by atoms with Crippen LogP contribution >= 0.6 is 11.6 Å². The quantitative estimate of drug-likeness (QED) is 0.675. The van der Waals surface area contributed by atoms with Crippen molar-refractivity contribution in [3.05, 3.63) is 40.5 Å². The Hall–Kier alpha value is -2.08. The zero-order valence-corrected chi connectivity index (χ0v) is 10.3. The maximum absolute atomic E-state index is 11.7. The lowest BCUT2D eigenvalue weighted by Crippen LogP contribution is -2.06. The number of nitrogen functional groups attached to an aromatic ring is 1. The molecule has 1 aromatic heterocycles. The van der Waals surface area contributed by atoms with Crippen LogP contribution in [0.15, 0.2) is 22.7 Å². The molecule has 7 heteroatoms. The highest BCUT2D eigenvalue weighted by atomic mass is 35.5. The monoisotopic (exact) mass is 267 g/mol. The molecule has 0 aliphatic rings. The smallest absolute Gasteiger partial charge is 0.338 e. The number of nitrogens with zero attached hydrogens (tertiary/aromatic N) is 2. The molecule has 1 heterocycles. The zero-order chi connectivity index (χ0) is 13.1. The first kappa shape index (κ1) is 12.4. The zero-order valence-electron chi connectivity index (χ0n) is 9.51. The molecule has 2 aromatic rings. The highest BCUT2D eigenvalue weighted by Gasteiger charge is 2.11. The summed E-state index contributed by atoms with van der Waals surface area (Å²) >= 11 is 5.75. The molecule has 94 valence electrons. The van der Waals surface area contributed by atoms with Gasteiger partial charge in [0, 0.05) is 0 Å². The van der Waals surface area contributed by atoms with Crippen LogP contribution in [0.1, 0.15) is 22.1 Å². The molecule has 0 aliphatic carbocycles. The minimum atomic E-state index is -0.533. The summed E-state index contributed by atoms with van der Waals surface area (Å²) in [6.07, 6.45) is 0. The molecule has 2 rings (SSSR count). The first-order valence-corrected chi connectivity index (χ1v) is 5.45. The van der Waals surface area contributed by atoms with Gasteiger partial charge < -0.3 is 15.0 Å². The first-order chi connectivity index (χ1) is 8.56. The molecule has 0 atom stereocenters. The normalized spacial score (nSPS) is 10.3. The summed E-state index contributed by atoms with van der Waals surface area (Å²) in [5.41, 5.74) is 6.22. The maximum atomic E-state index is 11.7. The van der Waals surface area contributed by atoms with Gasteiger partial charge in [0.25, 0.3) is 5.89 Å². The molecule has 0 saturated carbocycles. The lowest BCUT2D eigenvalue weighted by Gasteiger charge is -2.03. The number of esters is 1. The second-order valence-corrected chi connectivity index (χ2v) is 3.95. The van der Waals surface area contributed by atoms with Crippen LogP contribution in [0, 0.1) is 6.92 Å². The van der Waals surface area contributed by atoms with E-state index in [9.17, 15) is 4.79 Å². The molecule has 0 saturated heterocycles. The largest absolute Gasteiger partial charge is 0.452 e. The number of carbonyl (C=O) groups excluding carboxylic acids is 1. The molecular formula is C11H10ClN3O3. The number of halogens is 1. The van der Waals surface area contributed by atoms with Crippen molar-refractivity contribution in [2.75, 3.05) is 5.73 Å². The van der Waals surface area contributed by atoms with E-state index in [2.05, 4.69) is 10.1 Å². The molecule has 2 N–H and O–H groups in total. The van der Waals surface area contributed by atoms with Crippen molar-refractivity contribution in [2.24, 2.45) is 0 Å². The summed E-state index contributed by atoms with van der Waals surface area (Å²) in [6.45, 7) is 1.59. The van der Waals surface area contributed by atoms with Crippen LogP contribution in [-0.4, -0.2) is 16.1 Å². The Morgan fingerprint density at radius 2 is 2.33 bits per heavy atom. The van der Waals surface area contributed by atoms with E-state index in [4.69, 9.17) is 26.6 Å². The number of hydrogen-bond acceptors (Lipinski definition) is 6. The highest BCUT2D eigenvalue weighted by Crippen LogP contribution is 2.20. The van der Waals surface area contributed by atoms with Crippen LogP contribution in [0.25, 0.3) is 0 Å². The number of benzene rings is 1. The average Bonchev–Trinajstić information content (AvgIpc) is 2.75. The van der Waals surface area contributed by atoms with Crippen LogP contribution in [-0.2, 0) is 11.3 Å². The van der Waals surface area contributed by atoms with E-state index in [1.165, 1.54) is 18.2 Å². The summed E-state index contributed by atoms with van der Waals surface area (Å²) in [4.78, 5) is 15.6. The Balaban J connectivity index is 2.01. The fourth-order valence-electron chi connectivity index (χ4n) is 1.28. The van der Waals surface area contributed by atoms with Crippen molar-refractivity contribution >= 4 is 23.3 Å². The van der Waals surface area contributed by atoms with E-state index >= 15 is 0 Å². The summed E-state index contributed by atoms with van der Waals surface area (Å²) in [7, 11) is 0. The second kappa shape index (κ2) is 5.05. The predicted octanol–water partition coefficient (Wildman–Crippen LogP) is 1.97. The van der Waals surface area contributed by atoms with Gasteiger partial charge in [-0.15, -0.1) is 0 Å². The lowest BCUT2D eigenvalue weighted by molar-refractivity contribution is 0.0430.